The van der Waals surface area contributed by atoms with Crippen molar-refractivity contribution in [2.24, 2.45) is 4.99 Å². The number of hydrogen-bond acceptors (Lipinski definition) is 4. The zero-order valence-electron chi connectivity index (χ0n) is 6.64. The van der Waals surface area contributed by atoms with Gasteiger partial charge in [0, 0.05) is 0 Å². The average molecular weight is 193 g/mol. The Kier molecular flexibility index (Phi) is 3.82. The first-order chi connectivity index (χ1) is 6.36. The molecule has 0 amide bonds. The molecule has 5 heteroatoms. The molecule has 0 aliphatic heterocycles. The molecular formula is C8H7N3OS. The number of rotatable bonds is 1. The molecule has 0 aromatic heterocycles. The van der Waals surface area contributed by atoms with Gasteiger partial charge in [-0.05, 0) is 12.1 Å². The third-order valence-corrected chi connectivity index (χ3v) is 1.60. The van der Waals surface area contributed by atoms with Crippen LogP contribution in [0, 0.1) is 11.5 Å². The number of amidine groups is 1. The predicted molar refractivity (Wildman–Crippen MR) is 52.5 cm³/mol. The van der Waals surface area contributed by atoms with E-state index >= 15 is 0 Å². The molecule has 0 saturated carbocycles. The number of aliphatic imine (C=N–C) groups is 1. The van der Waals surface area contributed by atoms with Gasteiger partial charge in [-0.1, -0.05) is 18.2 Å². The van der Waals surface area contributed by atoms with Crippen molar-refractivity contribution in [1.82, 2.24) is 5.32 Å². The molecule has 0 unspecified atom stereocenters. The maximum absolute atomic E-state index is 8.69. The quantitative estimate of drug-likeness (QED) is 0.235. The molecule has 4 nitrogen and oxygen atoms in total. The predicted octanol–water partition coefficient (Wildman–Crippen LogP) is 1.95. The van der Waals surface area contributed by atoms with Crippen molar-refractivity contribution < 1.29 is 4.55 Å². The summed E-state index contributed by atoms with van der Waals surface area (Å²) in [5, 5.41) is 10.7. The SMILES string of the molecule is N#CNC(=Nc1ccccc1)SO. The van der Waals surface area contributed by atoms with Gasteiger partial charge in [-0.25, -0.2) is 4.99 Å². The summed E-state index contributed by atoms with van der Waals surface area (Å²) in [4.78, 5) is 3.96. The highest BCUT2D eigenvalue weighted by atomic mass is 32.2. The van der Waals surface area contributed by atoms with E-state index in [-0.39, 0.29) is 5.17 Å². The molecule has 1 rings (SSSR count). The van der Waals surface area contributed by atoms with E-state index in [1.54, 1.807) is 18.3 Å². The summed E-state index contributed by atoms with van der Waals surface area (Å²) in [5.41, 5.74) is 0.682. The molecule has 0 heterocycles. The minimum atomic E-state index is 0.161. The number of para-hydroxylation sites is 1. The van der Waals surface area contributed by atoms with E-state index in [4.69, 9.17) is 9.81 Å². The van der Waals surface area contributed by atoms with Crippen molar-refractivity contribution in [3.8, 4) is 6.19 Å². The fourth-order valence-corrected chi connectivity index (χ4v) is 0.976. The van der Waals surface area contributed by atoms with Crippen LogP contribution < -0.4 is 5.32 Å². The number of benzene rings is 1. The van der Waals surface area contributed by atoms with E-state index < -0.39 is 0 Å². The molecule has 0 atom stereocenters. The summed E-state index contributed by atoms with van der Waals surface area (Å²) < 4.78 is 8.69. The lowest BCUT2D eigenvalue weighted by Crippen LogP contribution is -2.12. The van der Waals surface area contributed by atoms with Crippen LogP contribution in [0.5, 0.6) is 0 Å². The highest BCUT2D eigenvalue weighted by Gasteiger charge is 1.96. The minimum Gasteiger partial charge on any atom is -0.323 e. The second kappa shape index (κ2) is 5.19. The van der Waals surface area contributed by atoms with Gasteiger partial charge in [-0.2, -0.15) is 5.26 Å². The molecule has 0 spiro atoms. The first-order valence-corrected chi connectivity index (χ1v) is 4.24. The third kappa shape index (κ3) is 3.15. The minimum absolute atomic E-state index is 0.161. The van der Waals surface area contributed by atoms with Crippen LogP contribution in [-0.2, 0) is 0 Å². The van der Waals surface area contributed by atoms with Gasteiger partial charge in [0.1, 0.15) is 0 Å². The molecule has 0 radical (unpaired) electrons. The Labute approximate surface area is 80.1 Å². The topological polar surface area (TPSA) is 68.4 Å². The maximum Gasteiger partial charge on any atom is 0.202 e. The Morgan fingerprint density at radius 2 is 2.15 bits per heavy atom. The Morgan fingerprint density at radius 3 is 2.69 bits per heavy atom. The number of nitrogens with one attached hydrogen (secondary N) is 1. The molecular weight excluding hydrogens is 186 g/mol. The molecule has 2 N–H and O–H groups in total. The van der Waals surface area contributed by atoms with Gasteiger partial charge in [0.15, 0.2) is 6.19 Å². The van der Waals surface area contributed by atoms with E-state index in [1.165, 1.54) is 0 Å². The van der Waals surface area contributed by atoms with E-state index in [0.29, 0.717) is 17.7 Å². The summed E-state index contributed by atoms with van der Waals surface area (Å²) in [7, 11) is 0. The molecule has 1 aromatic rings. The lowest BCUT2D eigenvalue weighted by Gasteiger charge is -1.96. The lowest BCUT2D eigenvalue weighted by molar-refractivity contribution is 0.672. The zero-order valence-corrected chi connectivity index (χ0v) is 7.45. The van der Waals surface area contributed by atoms with Crippen molar-refractivity contribution in [2.45, 2.75) is 0 Å². The Bertz CT molecular complexity index is 331. The lowest BCUT2D eigenvalue weighted by atomic mass is 10.3. The van der Waals surface area contributed by atoms with E-state index in [0.717, 1.165) is 0 Å². The molecule has 1 aromatic carbocycles. The van der Waals surface area contributed by atoms with Gasteiger partial charge in [-0.3, -0.25) is 5.32 Å². The summed E-state index contributed by atoms with van der Waals surface area (Å²) in [6, 6.07) is 9.06. The monoisotopic (exact) mass is 193 g/mol. The van der Waals surface area contributed by atoms with Crippen LogP contribution >= 0.6 is 12.0 Å². The van der Waals surface area contributed by atoms with Crippen molar-refractivity contribution in [3.05, 3.63) is 30.3 Å². The highest BCUT2D eigenvalue weighted by molar-refractivity contribution is 8.09. The standard InChI is InChI=1S/C8H7N3OS/c9-6-10-8(13-12)11-7-4-2-1-3-5-7/h1-5,12H,(H,10,11). The fraction of sp³-hybridized carbons (Fsp3) is 0. The Balaban J connectivity index is 2.80. The number of nitrogens with zero attached hydrogens (tertiary/aromatic N) is 2. The van der Waals surface area contributed by atoms with E-state index in [1.807, 2.05) is 18.2 Å². The molecule has 0 aliphatic rings. The first kappa shape index (κ1) is 9.58. The van der Waals surface area contributed by atoms with Crippen LogP contribution in [0.2, 0.25) is 0 Å². The van der Waals surface area contributed by atoms with Gasteiger partial charge in [0.05, 0.1) is 17.7 Å². The van der Waals surface area contributed by atoms with Crippen LogP contribution in [0.3, 0.4) is 0 Å². The number of nitriles is 1. The highest BCUT2D eigenvalue weighted by Crippen LogP contribution is 2.11. The molecule has 0 aliphatic carbocycles. The second-order valence-electron chi connectivity index (χ2n) is 2.08. The molecule has 0 bridgehead atoms. The summed E-state index contributed by atoms with van der Waals surface area (Å²) in [6.45, 7) is 0. The summed E-state index contributed by atoms with van der Waals surface area (Å²) in [6.07, 6.45) is 1.68. The van der Waals surface area contributed by atoms with Crippen molar-refractivity contribution in [1.29, 1.82) is 5.26 Å². The molecule has 66 valence electrons. The van der Waals surface area contributed by atoms with Crippen LogP contribution in [0.15, 0.2) is 35.3 Å². The van der Waals surface area contributed by atoms with E-state index in [2.05, 4.69) is 10.3 Å². The zero-order chi connectivity index (χ0) is 9.52. The molecule has 0 fully saturated rings. The largest absolute Gasteiger partial charge is 0.323 e. The normalized spacial score (nSPS) is 10.6. The second-order valence-corrected chi connectivity index (χ2v) is 2.65. The van der Waals surface area contributed by atoms with Crippen molar-refractivity contribution >= 4 is 22.9 Å². The Hall–Kier alpha value is -1.51. The summed E-state index contributed by atoms with van der Waals surface area (Å²) >= 11 is 0.406. The van der Waals surface area contributed by atoms with Crippen LogP contribution in [0.1, 0.15) is 0 Å². The van der Waals surface area contributed by atoms with Crippen LogP contribution in [-0.4, -0.2) is 9.72 Å². The van der Waals surface area contributed by atoms with Gasteiger partial charge < -0.3 is 4.55 Å². The fourth-order valence-electron chi connectivity index (χ4n) is 0.739. The average Bonchev–Trinajstić information content (AvgIpc) is 2.19. The number of hydrogen-bond donors (Lipinski definition) is 2. The van der Waals surface area contributed by atoms with Gasteiger partial charge >= 0.3 is 0 Å². The molecule has 13 heavy (non-hydrogen) atoms. The van der Waals surface area contributed by atoms with Gasteiger partial charge in [-0.15, -0.1) is 0 Å². The van der Waals surface area contributed by atoms with Gasteiger partial charge in [0.25, 0.3) is 0 Å². The van der Waals surface area contributed by atoms with Crippen molar-refractivity contribution in [2.75, 3.05) is 0 Å². The maximum atomic E-state index is 8.69. The van der Waals surface area contributed by atoms with Crippen molar-refractivity contribution in [3.63, 3.8) is 0 Å². The van der Waals surface area contributed by atoms with Crippen LogP contribution in [0.25, 0.3) is 0 Å². The van der Waals surface area contributed by atoms with E-state index in [9.17, 15) is 0 Å². The van der Waals surface area contributed by atoms with Gasteiger partial charge in [0.2, 0.25) is 5.17 Å². The third-order valence-electron chi connectivity index (χ3n) is 1.24. The molecule has 0 saturated heterocycles. The smallest absolute Gasteiger partial charge is 0.202 e. The first-order valence-electron chi connectivity index (χ1n) is 3.47. The Morgan fingerprint density at radius 1 is 1.46 bits per heavy atom. The van der Waals surface area contributed by atoms with Crippen LogP contribution in [0.4, 0.5) is 5.69 Å². The summed E-state index contributed by atoms with van der Waals surface area (Å²) in [5.74, 6) is 0.